The molecule has 2 rings (SSSR count). The number of rotatable bonds is 6. The molecule has 4 nitrogen and oxygen atoms in total. The molecular weight excluding hydrogens is 330 g/mol. The molecule has 0 bridgehead atoms. The average molecular weight is 344 g/mol. The van der Waals surface area contributed by atoms with Gasteiger partial charge in [0.15, 0.2) is 0 Å². The van der Waals surface area contributed by atoms with Crippen LogP contribution in [0.2, 0.25) is 0 Å². The van der Waals surface area contributed by atoms with Crippen LogP contribution in [0.1, 0.15) is 24.1 Å². The molecule has 1 saturated carbocycles. The molecule has 1 aliphatic rings. The third kappa shape index (κ3) is 4.80. The fourth-order valence-corrected chi connectivity index (χ4v) is 3.16. The van der Waals surface area contributed by atoms with Crippen LogP contribution in [0.15, 0.2) is 22.0 Å². The lowest BCUT2D eigenvalue weighted by Crippen LogP contribution is -2.37. The zero-order valence-electron chi connectivity index (χ0n) is 10.1. The Morgan fingerprint density at radius 1 is 1.53 bits per heavy atom. The molecule has 19 heavy (non-hydrogen) atoms. The van der Waals surface area contributed by atoms with Crippen LogP contribution in [0.25, 0.3) is 6.08 Å². The minimum atomic E-state index is -0.872. The molecule has 1 atom stereocenters. The first-order valence-electron chi connectivity index (χ1n) is 6.00. The third-order valence-electron chi connectivity index (χ3n) is 2.91. The summed E-state index contributed by atoms with van der Waals surface area (Å²) in [7, 11) is 0. The van der Waals surface area contributed by atoms with Gasteiger partial charge in [0.05, 0.1) is 10.2 Å². The smallest absolute Gasteiger partial charge is 0.305 e. The largest absolute Gasteiger partial charge is 0.481 e. The molecule has 1 heterocycles. The van der Waals surface area contributed by atoms with Crippen molar-refractivity contribution in [3.8, 4) is 0 Å². The number of carboxylic acid groups (broad SMARTS) is 1. The monoisotopic (exact) mass is 343 g/mol. The number of hydrogen-bond donors (Lipinski definition) is 2. The minimum Gasteiger partial charge on any atom is -0.481 e. The fourth-order valence-electron chi connectivity index (χ4n) is 1.83. The lowest BCUT2D eigenvalue weighted by molar-refractivity contribution is -0.137. The standard InChI is InChI=1S/C13H14BrNO3S/c14-11-5-3-9(19-11)4-6-12(16)15-10(7-13(17)18)8-1-2-8/h3-6,8,10H,1-2,7H2,(H,15,16)(H,17,18)/b6-4+. The van der Waals surface area contributed by atoms with Crippen molar-refractivity contribution in [2.75, 3.05) is 0 Å². The van der Waals surface area contributed by atoms with Gasteiger partial charge in [-0.05, 0) is 52.9 Å². The van der Waals surface area contributed by atoms with Gasteiger partial charge in [-0.3, -0.25) is 9.59 Å². The second-order valence-corrected chi connectivity index (χ2v) is 7.02. The number of thiophene rings is 1. The summed E-state index contributed by atoms with van der Waals surface area (Å²) in [4.78, 5) is 23.5. The maximum Gasteiger partial charge on any atom is 0.305 e. The maximum absolute atomic E-state index is 11.7. The quantitative estimate of drug-likeness (QED) is 0.780. The first kappa shape index (κ1) is 14.3. The van der Waals surface area contributed by atoms with Crippen molar-refractivity contribution in [2.45, 2.75) is 25.3 Å². The lowest BCUT2D eigenvalue weighted by atomic mass is 10.1. The van der Waals surface area contributed by atoms with Crippen molar-refractivity contribution in [3.63, 3.8) is 0 Å². The van der Waals surface area contributed by atoms with Crippen LogP contribution in [0.4, 0.5) is 0 Å². The van der Waals surface area contributed by atoms with E-state index in [4.69, 9.17) is 5.11 Å². The molecule has 2 N–H and O–H groups in total. The van der Waals surface area contributed by atoms with E-state index in [1.54, 1.807) is 6.08 Å². The first-order valence-corrected chi connectivity index (χ1v) is 7.61. The zero-order valence-corrected chi connectivity index (χ0v) is 12.5. The van der Waals surface area contributed by atoms with Gasteiger partial charge < -0.3 is 10.4 Å². The van der Waals surface area contributed by atoms with Crippen LogP contribution in [-0.2, 0) is 9.59 Å². The predicted molar refractivity (Wildman–Crippen MR) is 78.0 cm³/mol. The molecule has 0 aromatic carbocycles. The van der Waals surface area contributed by atoms with E-state index in [9.17, 15) is 9.59 Å². The van der Waals surface area contributed by atoms with Crippen molar-refractivity contribution < 1.29 is 14.7 Å². The van der Waals surface area contributed by atoms with Crippen molar-refractivity contribution >= 4 is 45.2 Å². The molecule has 0 aliphatic heterocycles. The highest BCUT2D eigenvalue weighted by molar-refractivity contribution is 9.11. The second kappa shape index (κ2) is 6.34. The van der Waals surface area contributed by atoms with Gasteiger partial charge in [-0.2, -0.15) is 0 Å². The molecule has 0 radical (unpaired) electrons. The van der Waals surface area contributed by atoms with Gasteiger partial charge in [0.1, 0.15) is 0 Å². The second-order valence-electron chi connectivity index (χ2n) is 4.53. The Bertz CT molecular complexity index is 508. The molecule has 1 amide bonds. The van der Waals surface area contributed by atoms with Gasteiger partial charge in [-0.1, -0.05) is 0 Å². The number of carboxylic acids is 1. The Balaban J connectivity index is 1.88. The zero-order chi connectivity index (χ0) is 13.8. The average Bonchev–Trinajstić information content (AvgIpc) is 3.09. The minimum absolute atomic E-state index is 0.00516. The Kier molecular flexibility index (Phi) is 4.76. The summed E-state index contributed by atoms with van der Waals surface area (Å²) >= 11 is 4.89. The summed E-state index contributed by atoms with van der Waals surface area (Å²) in [5.74, 6) is -0.782. The summed E-state index contributed by atoms with van der Waals surface area (Å²) in [5.41, 5.74) is 0. The van der Waals surface area contributed by atoms with E-state index in [2.05, 4.69) is 21.2 Å². The first-order chi connectivity index (χ1) is 9.04. The molecule has 1 aliphatic carbocycles. The van der Waals surface area contributed by atoms with Crippen LogP contribution in [-0.4, -0.2) is 23.0 Å². The molecule has 0 spiro atoms. The molecule has 1 fully saturated rings. The molecule has 6 heteroatoms. The lowest BCUT2D eigenvalue weighted by Gasteiger charge is -2.14. The number of halogens is 1. The predicted octanol–water partition coefficient (Wildman–Crippen LogP) is 2.89. The van der Waals surface area contributed by atoms with Gasteiger partial charge in [-0.25, -0.2) is 0 Å². The van der Waals surface area contributed by atoms with Gasteiger partial charge >= 0.3 is 5.97 Å². The van der Waals surface area contributed by atoms with Crippen LogP contribution in [0.5, 0.6) is 0 Å². The highest BCUT2D eigenvalue weighted by Crippen LogP contribution is 2.34. The number of amides is 1. The number of nitrogens with one attached hydrogen (secondary N) is 1. The van der Waals surface area contributed by atoms with Crippen molar-refractivity contribution in [2.24, 2.45) is 5.92 Å². The van der Waals surface area contributed by atoms with Crippen LogP contribution in [0.3, 0.4) is 0 Å². The number of hydrogen-bond acceptors (Lipinski definition) is 3. The fraction of sp³-hybridized carbons (Fsp3) is 0.385. The molecular formula is C13H14BrNO3S. The van der Waals surface area contributed by atoms with Crippen LogP contribution >= 0.6 is 27.3 Å². The SMILES string of the molecule is O=C(O)CC(NC(=O)/C=C/c1ccc(Br)s1)C1CC1. The van der Waals surface area contributed by atoms with E-state index in [0.29, 0.717) is 5.92 Å². The summed E-state index contributed by atoms with van der Waals surface area (Å²) in [6, 6.07) is 3.58. The molecule has 1 aromatic heterocycles. The molecule has 0 saturated heterocycles. The van der Waals surface area contributed by atoms with Crippen LogP contribution < -0.4 is 5.32 Å². The van der Waals surface area contributed by atoms with E-state index < -0.39 is 5.97 Å². The number of carbonyl (C=O) groups is 2. The highest BCUT2D eigenvalue weighted by atomic mass is 79.9. The van der Waals surface area contributed by atoms with Crippen molar-refractivity contribution in [1.29, 1.82) is 0 Å². The van der Waals surface area contributed by atoms with Crippen molar-refractivity contribution in [3.05, 3.63) is 26.9 Å². The molecule has 102 valence electrons. The molecule has 1 unspecified atom stereocenters. The highest BCUT2D eigenvalue weighted by Gasteiger charge is 2.33. The van der Waals surface area contributed by atoms with Crippen molar-refractivity contribution in [1.82, 2.24) is 5.32 Å². The van der Waals surface area contributed by atoms with E-state index in [1.807, 2.05) is 12.1 Å². The summed E-state index contributed by atoms with van der Waals surface area (Å²) < 4.78 is 1.01. The number of aliphatic carboxylic acids is 1. The number of carbonyl (C=O) groups excluding carboxylic acids is 1. The van der Waals surface area contributed by atoms with E-state index >= 15 is 0 Å². The van der Waals surface area contributed by atoms with Gasteiger partial charge in [0.2, 0.25) is 5.91 Å². The van der Waals surface area contributed by atoms with E-state index in [0.717, 1.165) is 21.5 Å². The van der Waals surface area contributed by atoms with Crippen LogP contribution in [0, 0.1) is 5.92 Å². The van der Waals surface area contributed by atoms with E-state index in [1.165, 1.54) is 17.4 Å². The third-order valence-corrected chi connectivity index (χ3v) is 4.50. The van der Waals surface area contributed by atoms with Gasteiger partial charge in [0, 0.05) is 17.0 Å². The summed E-state index contributed by atoms with van der Waals surface area (Å²) in [6.07, 6.45) is 5.18. The maximum atomic E-state index is 11.7. The topological polar surface area (TPSA) is 66.4 Å². The van der Waals surface area contributed by atoms with Gasteiger partial charge in [0.25, 0.3) is 0 Å². The summed E-state index contributed by atoms with van der Waals surface area (Å²) in [5, 5.41) is 11.6. The Morgan fingerprint density at radius 3 is 2.79 bits per heavy atom. The Labute approximate surface area is 123 Å². The normalized spacial score (nSPS) is 16.5. The Hall–Kier alpha value is -1.14. The van der Waals surface area contributed by atoms with E-state index in [-0.39, 0.29) is 18.4 Å². The summed E-state index contributed by atoms with van der Waals surface area (Å²) in [6.45, 7) is 0. The Morgan fingerprint density at radius 2 is 2.26 bits per heavy atom. The molecule has 1 aromatic rings. The van der Waals surface area contributed by atoms with Gasteiger partial charge in [-0.15, -0.1) is 11.3 Å².